The highest BCUT2D eigenvalue weighted by atomic mass is 127. The molecule has 2 aromatic heterocycles. The summed E-state index contributed by atoms with van der Waals surface area (Å²) in [5, 5.41) is 6.83. The predicted octanol–water partition coefficient (Wildman–Crippen LogP) is 8.38. The summed E-state index contributed by atoms with van der Waals surface area (Å²) in [6.45, 7) is 0. The topological polar surface area (TPSA) is 40.7 Å². The molecule has 170 valence electrons. The highest BCUT2D eigenvalue weighted by Crippen LogP contribution is 2.43. The number of pyridine rings is 1. The van der Waals surface area contributed by atoms with Crippen molar-refractivity contribution in [1.29, 1.82) is 0 Å². The molecule has 0 bridgehead atoms. The zero-order valence-electron chi connectivity index (χ0n) is 18.7. The molecule has 2 N–H and O–H groups in total. The fraction of sp³-hybridized carbons (Fsp3) is 0.0333. The summed E-state index contributed by atoms with van der Waals surface area (Å²) < 4.78 is 1.20. The van der Waals surface area contributed by atoms with E-state index in [1.165, 1.54) is 8.96 Å². The first-order valence-corrected chi connectivity index (χ1v) is 12.8. The van der Waals surface area contributed by atoms with E-state index in [0.29, 0.717) is 5.02 Å². The molecule has 0 aliphatic heterocycles. The maximum atomic E-state index is 6.88. The average Bonchev–Trinajstić information content (AvgIpc) is 3.26. The number of hydrogen-bond acceptors (Lipinski definition) is 2. The summed E-state index contributed by atoms with van der Waals surface area (Å²) in [7, 11) is 0. The lowest BCUT2D eigenvalue weighted by Crippen LogP contribution is -2.38. The van der Waals surface area contributed by atoms with Crippen LogP contribution in [0.25, 0.3) is 21.8 Å². The molecule has 35 heavy (non-hydrogen) atoms. The Morgan fingerprint density at radius 2 is 1.34 bits per heavy atom. The van der Waals surface area contributed by atoms with Gasteiger partial charge in [0.05, 0.1) is 11.7 Å². The van der Waals surface area contributed by atoms with Gasteiger partial charge in [-0.05, 0) is 64.0 Å². The Kier molecular flexibility index (Phi) is 5.71. The summed E-state index contributed by atoms with van der Waals surface area (Å²) >= 11 is 9.24. The maximum Gasteiger partial charge on any atom is 0.127 e. The molecule has 0 unspecified atom stereocenters. The molecule has 6 aromatic rings. The van der Waals surface area contributed by atoms with E-state index in [1.807, 2.05) is 36.5 Å². The molecule has 0 saturated carbocycles. The van der Waals surface area contributed by atoms with Crippen molar-refractivity contribution in [2.24, 2.45) is 0 Å². The van der Waals surface area contributed by atoms with Crippen LogP contribution in [-0.4, -0.2) is 9.97 Å². The molecule has 2 heterocycles. The Hall–Kier alpha value is -3.35. The first-order chi connectivity index (χ1) is 17.1. The largest absolute Gasteiger partial charge is 0.353 e. The number of halogens is 2. The van der Waals surface area contributed by atoms with E-state index in [0.717, 1.165) is 38.9 Å². The highest BCUT2D eigenvalue weighted by molar-refractivity contribution is 14.1. The van der Waals surface area contributed by atoms with Gasteiger partial charge in [-0.1, -0.05) is 90.5 Å². The van der Waals surface area contributed by atoms with E-state index in [-0.39, 0.29) is 0 Å². The van der Waals surface area contributed by atoms with Gasteiger partial charge in [0.1, 0.15) is 11.4 Å². The van der Waals surface area contributed by atoms with E-state index >= 15 is 0 Å². The molecule has 0 fully saturated rings. The zero-order chi connectivity index (χ0) is 23.8. The Morgan fingerprint density at radius 1 is 0.714 bits per heavy atom. The minimum atomic E-state index is -0.748. The Morgan fingerprint density at radius 3 is 2.03 bits per heavy atom. The number of aromatic amines is 1. The summed E-state index contributed by atoms with van der Waals surface area (Å²) in [5.74, 6) is 0.768. The van der Waals surface area contributed by atoms with Crippen molar-refractivity contribution in [2.75, 3.05) is 5.32 Å². The lowest BCUT2D eigenvalue weighted by atomic mass is 9.77. The molecular formula is C30H21ClIN3. The van der Waals surface area contributed by atoms with Crippen LogP contribution >= 0.6 is 34.2 Å². The molecule has 3 nitrogen and oxygen atoms in total. The van der Waals surface area contributed by atoms with Gasteiger partial charge in [-0.2, -0.15) is 0 Å². The van der Waals surface area contributed by atoms with Crippen LogP contribution in [0, 0.1) is 3.57 Å². The fourth-order valence-electron chi connectivity index (χ4n) is 4.86. The van der Waals surface area contributed by atoms with Gasteiger partial charge >= 0.3 is 0 Å². The van der Waals surface area contributed by atoms with Crippen LogP contribution in [0.3, 0.4) is 0 Å². The normalized spacial score (nSPS) is 11.7. The van der Waals surface area contributed by atoms with Gasteiger partial charge in [0.25, 0.3) is 0 Å². The van der Waals surface area contributed by atoms with Gasteiger partial charge in [0.15, 0.2) is 0 Å². The lowest BCUT2D eigenvalue weighted by molar-refractivity contribution is 0.707. The molecule has 6 rings (SSSR count). The molecule has 0 radical (unpaired) electrons. The van der Waals surface area contributed by atoms with E-state index in [1.54, 1.807) is 0 Å². The SMILES string of the molecule is Clc1ccccc1C(Nc1cc2c(cn1)[nH]c1ccc(I)cc12)(c1ccccc1)c1ccccc1. The summed E-state index contributed by atoms with van der Waals surface area (Å²) in [6, 6.07) is 37.4. The van der Waals surface area contributed by atoms with Crippen molar-refractivity contribution in [3.05, 3.63) is 141 Å². The van der Waals surface area contributed by atoms with E-state index in [4.69, 9.17) is 16.6 Å². The summed E-state index contributed by atoms with van der Waals surface area (Å²) in [4.78, 5) is 8.31. The van der Waals surface area contributed by atoms with Gasteiger partial charge in [-0.3, -0.25) is 0 Å². The Balaban J connectivity index is 1.62. The van der Waals surface area contributed by atoms with Crippen LogP contribution in [-0.2, 0) is 5.54 Å². The quantitative estimate of drug-likeness (QED) is 0.158. The molecular weight excluding hydrogens is 565 g/mol. The number of nitrogens with zero attached hydrogens (tertiary/aromatic N) is 1. The second-order valence-corrected chi connectivity index (χ2v) is 10.2. The third-order valence-corrected chi connectivity index (χ3v) is 7.45. The lowest BCUT2D eigenvalue weighted by Gasteiger charge is -2.38. The van der Waals surface area contributed by atoms with Gasteiger partial charge in [0, 0.05) is 30.4 Å². The van der Waals surface area contributed by atoms with Gasteiger partial charge in [-0.25, -0.2) is 4.98 Å². The smallest absolute Gasteiger partial charge is 0.127 e. The first-order valence-electron chi connectivity index (χ1n) is 11.4. The number of anilines is 1. The van der Waals surface area contributed by atoms with Gasteiger partial charge < -0.3 is 10.3 Å². The molecule has 0 saturated heterocycles. The number of rotatable bonds is 5. The number of nitrogens with one attached hydrogen (secondary N) is 2. The second-order valence-electron chi connectivity index (χ2n) is 8.52. The Labute approximate surface area is 222 Å². The van der Waals surface area contributed by atoms with E-state index in [9.17, 15) is 0 Å². The Bertz CT molecular complexity index is 1610. The number of benzene rings is 4. The number of hydrogen-bond donors (Lipinski definition) is 2. The molecule has 0 aliphatic carbocycles. The minimum absolute atomic E-state index is 0.690. The number of H-pyrrole nitrogens is 1. The molecule has 4 aromatic carbocycles. The third kappa shape index (κ3) is 3.87. The van der Waals surface area contributed by atoms with Crippen molar-refractivity contribution in [3.63, 3.8) is 0 Å². The molecule has 0 spiro atoms. The molecule has 5 heteroatoms. The van der Waals surface area contributed by atoms with Crippen molar-refractivity contribution in [2.45, 2.75) is 5.54 Å². The summed E-state index contributed by atoms with van der Waals surface area (Å²) in [5.41, 5.74) is 4.49. The maximum absolute atomic E-state index is 6.88. The standard InChI is InChI=1S/C30H21ClIN3/c31-26-14-8-7-13-25(26)30(20-9-3-1-4-10-20,21-11-5-2-6-12-21)35-29-18-24-23-17-22(32)15-16-27(23)34-28(24)19-33-29/h1-19,34H,(H,33,35). The van der Waals surface area contributed by atoms with Gasteiger partial charge in [-0.15, -0.1) is 0 Å². The van der Waals surface area contributed by atoms with Crippen LogP contribution in [0.2, 0.25) is 5.02 Å². The monoisotopic (exact) mass is 585 g/mol. The molecule has 0 atom stereocenters. The fourth-order valence-corrected chi connectivity index (χ4v) is 5.63. The highest BCUT2D eigenvalue weighted by Gasteiger charge is 2.38. The van der Waals surface area contributed by atoms with E-state index in [2.05, 4.69) is 112 Å². The van der Waals surface area contributed by atoms with Crippen LogP contribution < -0.4 is 5.32 Å². The van der Waals surface area contributed by atoms with Crippen LogP contribution in [0.4, 0.5) is 5.82 Å². The van der Waals surface area contributed by atoms with Crippen molar-refractivity contribution in [1.82, 2.24) is 9.97 Å². The van der Waals surface area contributed by atoms with Crippen LogP contribution in [0.5, 0.6) is 0 Å². The van der Waals surface area contributed by atoms with Crippen molar-refractivity contribution in [3.8, 4) is 0 Å². The second kappa shape index (κ2) is 9.02. The number of fused-ring (bicyclic) bond motifs is 3. The van der Waals surface area contributed by atoms with Gasteiger partial charge in [0.2, 0.25) is 0 Å². The van der Waals surface area contributed by atoms with E-state index < -0.39 is 5.54 Å². The molecule has 0 amide bonds. The van der Waals surface area contributed by atoms with Crippen LogP contribution in [0.1, 0.15) is 16.7 Å². The third-order valence-electron chi connectivity index (χ3n) is 6.45. The summed E-state index contributed by atoms with van der Waals surface area (Å²) in [6.07, 6.45) is 1.90. The van der Waals surface area contributed by atoms with Crippen molar-refractivity contribution >= 4 is 61.8 Å². The minimum Gasteiger partial charge on any atom is -0.353 e. The average molecular weight is 586 g/mol. The first kappa shape index (κ1) is 22.1. The zero-order valence-corrected chi connectivity index (χ0v) is 21.6. The number of aromatic nitrogens is 2. The predicted molar refractivity (Wildman–Crippen MR) is 154 cm³/mol. The van der Waals surface area contributed by atoms with Crippen molar-refractivity contribution < 1.29 is 0 Å². The van der Waals surface area contributed by atoms with Crippen LogP contribution in [0.15, 0.2) is 115 Å². The molecule has 0 aliphatic rings.